The van der Waals surface area contributed by atoms with E-state index in [4.69, 9.17) is 0 Å². The van der Waals surface area contributed by atoms with Crippen molar-refractivity contribution in [3.63, 3.8) is 0 Å². The number of imidazole rings is 1. The van der Waals surface area contributed by atoms with E-state index < -0.39 is 9.84 Å². The molecular weight excluding hydrogens is 350 g/mol. The second-order valence-corrected chi connectivity index (χ2v) is 9.90. The summed E-state index contributed by atoms with van der Waals surface area (Å²) in [6, 6.07) is 0. The van der Waals surface area contributed by atoms with Gasteiger partial charge in [-0.15, -0.1) is 0 Å². The molecular formula is C19H35N3O3S. The Labute approximate surface area is 158 Å². The first-order chi connectivity index (χ1) is 12.3. The van der Waals surface area contributed by atoms with Crippen molar-refractivity contribution in [1.82, 2.24) is 14.5 Å². The fourth-order valence-electron chi connectivity index (χ4n) is 3.40. The molecule has 150 valence electrons. The Hall–Kier alpha value is -0.920. The minimum Gasteiger partial charge on any atom is -0.393 e. The molecule has 0 amide bonds. The van der Waals surface area contributed by atoms with E-state index in [0.717, 1.165) is 50.9 Å². The predicted molar refractivity (Wildman–Crippen MR) is 104 cm³/mol. The van der Waals surface area contributed by atoms with Gasteiger partial charge in [-0.2, -0.15) is 0 Å². The van der Waals surface area contributed by atoms with Crippen LogP contribution in [-0.2, 0) is 22.9 Å². The van der Waals surface area contributed by atoms with Crippen LogP contribution in [0.15, 0.2) is 11.4 Å². The van der Waals surface area contributed by atoms with Gasteiger partial charge in [-0.1, -0.05) is 27.2 Å². The zero-order valence-electron chi connectivity index (χ0n) is 16.5. The van der Waals surface area contributed by atoms with Gasteiger partial charge in [0, 0.05) is 26.2 Å². The summed E-state index contributed by atoms with van der Waals surface area (Å²) in [4.78, 5) is 6.60. The highest BCUT2D eigenvalue weighted by Gasteiger charge is 2.25. The van der Waals surface area contributed by atoms with Crippen LogP contribution in [-0.4, -0.2) is 52.9 Å². The minimum absolute atomic E-state index is 0.170. The quantitative estimate of drug-likeness (QED) is 0.670. The van der Waals surface area contributed by atoms with E-state index in [-0.39, 0.29) is 17.0 Å². The molecule has 1 aliphatic heterocycles. The number of aliphatic hydroxyl groups is 1. The lowest BCUT2D eigenvalue weighted by Gasteiger charge is -2.29. The third kappa shape index (κ3) is 6.06. The molecule has 2 heterocycles. The second-order valence-electron chi connectivity index (χ2n) is 7.90. The maximum atomic E-state index is 12.8. The average Bonchev–Trinajstić information content (AvgIpc) is 2.98. The summed E-state index contributed by atoms with van der Waals surface area (Å²) in [7, 11) is -3.35. The van der Waals surface area contributed by atoms with Gasteiger partial charge < -0.3 is 9.67 Å². The molecule has 0 saturated carbocycles. The van der Waals surface area contributed by atoms with E-state index >= 15 is 0 Å². The summed E-state index contributed by atoms with van der Waals surface area (Å²) < 4.78 is 27.5. The van der Waals surface area contributed by atoms with Crippen molar-refractivity contribution in [2.24, 2.45) is 5.92 Å². The molecule has 6 nitrogen and oxygen atoms in total. The molecule has 0 bridgehead atoms. The van der Waals surface area contributed by atoms with Crippen LogP contribution >= 0.6 is 0 Å². The molecule has 0 atom stereocenters. The Kier molecular flexibility index (Phi) is 8.10. The lowest BCUT2D eigenvalue weighted by Crippen LogP contribution is -2.36. The zero-order chi connectivity index (χ0) is 19.2. The Morgan fingerprint density at radius 3 is 2.58 bits per heavy atom. The van der Waals surface area contributed by atoms with Gasteiger partial charge in [0.25, 0.3) is 0 Å². The topological polar surface area (TPSA) is 75.4 Å². The maximum absolute atomic E-state index is 12.8. The van der Waals surface area contributed by atoms with Crippen LogP contribution in [0.3, 0.4) is 0 Å². The highest BCUT2D eigenvalue weighted by Crippen LogP contribution is 2.20. The van der Waals surface area contributed by atoms with Gasteiger partial charge in [-0.3, -0.25) is 4.90 Å². The van der Waals surface area contributed by atoms with Gasteiger partial charge in [0.1, 0.15) is 0 Å². The third-order valence-corrected chi connectivity index (χ3v) is 6.76. The van der Waals surface area contributed by atoms with Crippen LogP contribution in [0, 0.1) is 5.92 Å². The molecule has 1 aromatic rings. The number of aliphatic hydroxyl groups excluding tert-OH is 1. The van der Waals surface area contributed by atoms with Gasteiger partial charge in [0.15, 0.2) is 0 Å². The number of nitrogens with zero attached hydrogens (tertiary/aromatic N) is 3. The summed E-state index contributed by atoms with van der Waals surface area (Å²) in [5, 5.41) is 9.91. The maximum Gasteiger partial charge on any atom is 0.227 e. The predicted octanol–water partition coefficient (Wildman–Crippen LogP) is 2.85. The summed E-state index contributed by atoms with van der Waals surface area (Å²) in [5.41, 5.74) is 0.970. The molecule has 1 N–H and O–H groups in total. The second kappa shape index (κ2) is 9.85. The number of hydrogen-bond acceptors (Lipinski definition) is 5. The van der Waals surface area contributed by atoms with E-state index in [1.54, 1.807) is 6.20 Å². The molecule has 7 heteroatoms. The van der Waals surface area contributed by atoms with Crippen molar-refractivity contribution in [1.29, 1.82) is 0 Å². The van der Waals surface area contributed by atoms with Crippen LogP contribution < -0.4 is 0 Å². The van der Waals surface area contributed by atoms with Gasteiger partial charge in [0.2, 0.25) is 15.0 Å². The Morgan fingerprint density at radius 1 is 1.27 bits per heavy atom. The number of rotatable bonds is 10. The monoisotopic (exact) mass is 385 g/mol. The molecule has 0 aliphatic carbocycles. The van der Waals surface area contributed by atoms with Crippen LogP contribution in [0.4, 0.5) is 0 Å². The molecule has 0 aromatic carbocycles. The van der Waals surface area contributed by atoms with E-state index in [1.165, 1.54) is 0 Å². The van der Waals surface area contributed by atoms with Crippen molar-refractivity contribution in [3.05, 3.63) is 11.9 Å². The molecule has 1 saturated heterocycles. The molecule has 0 radical (unpaired) electrons. The molecule has 1 aromatic heterocycles. The summed E-state index contributed by atoms with van der Waals surface area (Å²) in [5.74, 6) is 0.680. The van der Waals surface area contributed by atoms with Gasteiger partial charge in [0.05, 0.1) is 23.7 Å². The van der Waals surface area contributed by atoms with Gasteiger partial charge >= 0.3 is 0 Å². The smallest absolute Gasteiger partial charge is 0.227 e. The minimum atomic E-state index is -3.35. The molecule has 0 unspecified atom stereocenters. The van der Waals surface area contributed by atoms with E-state index in [9.17, 15) is 13.5 Å². The van der Waals surface area contributed by atoms with E-state index in [1.807, 2.05) is 4.57 Å². The number of unbranched alkanes of at least 4 members (excludes halogenated alkanes) is 1. The Balaban J connectivity index is 2.14. The first-order valence-corrected chi connectivity index (χ1v) is 11.7. The normalized spacial score (nSPS) is 17.3. The number of likely N-dealkylation sites (tertiary alicyclic amines) is 1. The lowest BCUT2D eigenvalue weighted by molar-refractivity contribution is 0.0780. The highest BCUT2D eigenvalue weighted by atomic mass is 32.2. The third-order valence-electron chi connectivity index (χ3n) is 5.05. The molecule has 1 aliphatic rings. The van der Waals surface area contributed by atoms with Crippen molar-refractivity contribution < 1.29 is 13.5 Å². The molecule has 0 spiro atoms. The largest absolute Gasteiger partial charge is 0.393 e. The zero-order valence-corrected chi connectivity index (χ0v) is 17.3. The van der Waals surface area contributed by atoms with Crippen molar-refractivity contribution in [2.45, 2.75) is 83.6 Å². The van der Waals surface area contributed by atoms with Crippen molar-refractivity contribution >= 4 is 9.84 Å². The molecule has 1 fully saturated rings. The lowest BCUT2D eigenvalue weighted by atomic mass is 10.1. The highest BCUT2D eigenvalue weighted by molar-refractivity contribution is 7.91. The SMILES string of the molecule is CCCCn1c(CN2CCC(O)CC2)cnc1S(=O)(=O)CCCC(C)C. The number of hydrogen-bond donors (Lipinski definition) is 1. The Bertz CT molecular complexity index is 647. The van der Waals surface area contributed by atoms with Crippen molar-refractivity contribution in [3.8, 4) is 0 Å². The average molecular weight is 386 g/mol. The summed E-state index contributed by atoms with van der Waals surface area (Å²) in [6.07, 6.45) is 6.64. The van der Waals surface area contributed by atoms with Gasteiger partial charge in [-0.25, -0.2) is 13.4 Å². The number of sulfone groups is 1. The van der Waals surface area contributed by atoms with Crippen LogP contribution in [0.2, 0.25) is 0 Å². The van der Waals surface area contributed by atoms with Crippen LogP contribution in [0.1, 0.15) is 65.0 Å². The Morgan fingerprint density at radius 2 is 1.96 bits per heavy atom. The summed E-state index contributed by atoms with van der Waals surface area (Å²) in [6.45, 7) is 9.42. The number of aromatic nitrogens is 2. The van der Waals surface area contributed by atoms with Gasteiger partial charge in [-0.05, 0) is 38.0 Å². The van der Waals surface area contributed by atoms with E-state index in [2.05, 4.69) is 30.7 Å². The summed E-state index contributed by atoms with van der Waals surface area (Å²) >= 11 is 0. The molecule has 2 rings (SSSR count). The van der Waals surface area contributed by atoms with E-state index in [0.29, 0.717) is 25.4 Å². The molecule has 26 heavy (non-hydrogen) atoms. The van der Waals surface area contributed by atoms with Crippen molar-refractivity contribution in [2.75, 3.05) is 18.8 Å². The number of piperidine rings is 1. The first kappa shape index (κ1) is 21.4. The standard InChI is InChI=1S/C19H35N3O3S/c1-4-5-10-22-17(15-21-11-8-18(23)9-12-21)14-20-19(22)26(24,25)13-6-7-16(2)3/h14,16,18,23H,4-13,15H2,1-3H3. The fraction of sp³-hybridized carbons (Fsp3) is 0.842. The van der Waals surface area contributed by atoms with Crippen LogP contribution in [0.25, 0.3) is 0 Å². The fourth-order valence-corrected chi connectivity index (χ4v) is 4.89. The first-order valence-electron chi connectivity index (χ1n) is 10.0. The van der Waals surface area contributed by atoms with Crippen LogP contribution in [0.5, 0.6) is 0 Å².